The van der Waals surface area contributed by atoms with E-state index < -0.39 is 0 Å². The molecule has 0 aromatic heterocycles. The third-order valence-electron chi connectivity index (χ3n) is 3.67. The Balaban J connectivity index is 2.40. The molecule has 0 saturated heterocycles. The molecular formula is C19H20BrClO2. The fourth-order valence-electron chi connectivity index (χ4n) is 2.50. The second-order valence-corrected chi connectivity index (χ2v) is 6.74. The zero-order chi connectivity index (χ0) is 16.7. The number of carbonyl (C=O) groups excluding carboxylic acids is 1. The minimum atomic E-state index is -0.349. The van der Waals surface area contributed by atoms with E-state index in [0.29, 0.717) is 6.61 Å². The Morgan fingerprint density at radius 1 is 1.22 bits per heavy atom. The van der Waals surface area contributed by atoms with Crippen LogP contribution in [0.5, 0.6) is 5.75 Å². The van der Waals surface area contributed by atoms with Crippen LogP contribution in [0, 0.1) is 0 Å². The lowest BCUT2D eigenvalue weighted by molar-refractivity contribution is -0.111. The monoisotopic (exact) mass is 394 g/mol. The average Bonchev–Trinajstić information content (AvgIpc) is 2.55. The van der Waals surface area contributed by atoms with Crippen molar-refractivity contribution in [2.45, 2.75) is 32.1 Å². The van der Waals surface area contributed by atoms with Crippen molar-refractivity contribution in [3.63, 3.8) is 0 Å². The molecule has 0 unspecified atom stereocenters. The summed E-state index contributed by atoms with van der Waals surface area (Å²) in [5.74, 6) is 0.698. The second-order valence-electron chi connectivity index (χ2n) is 5.41. The highest BCUT2D eigenvalue weighted by molar-refractivity contribution is 9.10. The molecule has 2 aromatic rings. The van der Waals surface area contributed by atoms with Gasteiger partial charge in [-0.2, -0.15) is 0 Å². The predicted octanol–water partition coefficient (Wildman–Crippen LogP) is 5.92. The smallest absolute Gasteiger partial charge is 0.222 e. The molecular weight excluding hydrogens is 376 g/mol. The third kappa shape index (κ3) is 5.36. The van der Waals surface area contributed by atoms with E-state index in [4.69, 9.17) is 16.3 Å². The lowest BCUT2D eigenvalue weighted by atomic mass is 9.88. The van der Waals surface area contributed by atoms with Gasteiger partial charge in [0.25, 0.3) is 0 Å². The molecule has 0 aliphatic carbocycles. The van der Waals surface area contributed by atoms with E-state index >= 15 is 0 Å². The number of ether oxygens (including phenoxy) is 1. The van der Waals surface area contributed by atoms with Crippen molar-refractivity contribution in [1.29, 1.82) is 0 Å². The van der Waals surface area contributed by atoms with Crippen molar-refractivity contribution < 1.29 is 9.53 Å². The standard InChI is InChI=1S/C19H20BrClO2/c1-2-3-11-23-18-10-9-15(20)12-17(18)16(13-19(21)22)14-7-5-4-6-8-14/h4-10,12,16H,2-3,11,13H2,1H3/t16-/m1/s1. The van der Waals surface area contributed by atoms with Gasteiger partial charge < -0.3 is 4.74 Å². The molecule has 0 heterocycles. The molecule has 0 bridgehead atoms. The molecule has 0 aliphatic rings. The molecule has 122 valence electrons. The van der Waals surface area contributed by atoms with E-state index in [1.807, 2.05) is 48.5 Å². The van der Waals surface area contributed by atoms with Gasteiger partial charge in [-0.3, -0.25) is 4.79 Å². The van der Waals surface area contributed by atoms with Crippen LogP contribution in [0.25, 0.3) is 0 Å². The van der Waals surface area contributed by atoms with Crippen LogP contribution >= 0.6 is 27.5 Å². The van der Waals surface area contributed by atoms with Crippen molar-refractivity contribution >= 4 is 32.8 Å². The number of unbranched alkanes of at least 4 members (excludes halogenated alkanes) is 1. The molecule has 0 fully saturated rings. The van der Waals surface area contributed by atoms with E-state index in [1.54, 1.807) is 0 Å². The molecule has 1 atom stereocenters. The maximum Gasteiger partial charge on any atom is 0.222 e. The van der Waals surface area contributed by atoms with Crippen LogP contribution < -0.4 is 4.74 Å². The summed E-state index contributed by atoms with van der Waals surface area (Å²) in [6.45, 7) is 2.80. The number of hydrogen-bond acceptors (Lipinski definition) is 2. The van der Waals surface area contributed by atoms with Gasteiger partial charge in [0, 0.05) is 22.4 Å². The maximum absolute atomic E-state index is 11.6. The number of benzene rings is 2. The average molecular weight is 396 g/mol. The highest BCUT2D eigenvalue weighted by atomic mass is 79.9. The molecule has 4 heteroatoms. The van der Waals surface area contributed by atoms with Crippen molar-refractivity contribution in [2.75, 3.05) is 6.61 Å². The van der Waals surface area contributed by atoms with E-state index in [1.165, 1.54) is 0 Å². The molecule has 0 amide bonds. The Kier molecular flexibility index (Phi) is 7.13. The number of rotatable bonds is 8. The summed E-state index contributed by atoms with van der Waals surface area (Å²) in [7, 11) is 0. The van der Waals surface area contributed by atoms with E-state index in [0.717, 1.165) is 34.2 Å². The Morgan fingerprint density at radius 2 is 1.96 bits per heavy atom. The molecule has 0 aliphatic heterocycles. The van der Waals surface area contributed by atoms with Gasteiger partial charge in [-0.15, -0.1) is 0 Å². The first-order chi connectivity index (χ1) is 11.1. The van der Waals surface area contributed by atoms with Crippen LogP contribution in [0.4, 0.5) is 0 Å². The Morgan fingerprint density at radius 3 is 2.61 bits per heavy atom. The van der Waals surface area contributed by atoms with Crippen molar-refractivity contribution in [3.05, 3.63) is 64.1 Å². The molecule has 0 saturated carbocycles. The summed E-state index contributed by atoms with van der Waals surface area (Å²) < 4.78 is 6.90. The molecule has 0 N–H and O–H groups in total. The molecule has 2 aromatic carbocycles. The highest BCUT2D eigenvalue weighted by Gasteiger charge is 2.21. The van der Waals surface area contributed by atoms with E-state index in [9.17, 15) is 4.79 Å². The zero-order valence-electron chi connectivity index (χ0n) is 13.1. The Hall–Kier alpha value is -1.32. The van der Waals surface area contributed by atoms with Gasteiger partial charge in [0.1, 0.15) is 5.75 Å². The maximum atomic E-state index is 11.6. The SMILES string of the molecule is CCCCOc1ccc(Br)cc1[C@H](CC(=O)Cl)c1ccccc1. The van der Waals surface area contributed by atoms with Gasteiger partial charge in [-0.1, -0.05) is 59.6 Å². The zero-order valence-corrected chi connectivity index (χ0v) is 15.4. The minimum absolute atomic E-state index is 0.115. The third-order valence-corrected chi connectivity index (χ3v) is 4.32. The Bertz CT molecular complexity index is 643. The van der Waals surface area contributed by atoms with Gasteiger partial charge in [-0.25, -0.2) is 0 Å². The van der Waals surface area contributed by atoms with Crippen LogP contribution in [0.1, 0.15) is 43.2 Å². The molecule has 2 nitrogen and oxygen atoms in total. The summed E-state index contributed by atoms with van der Waals surface area (Å²) in [6, 6.07) is 15.8. The van der Waals surface area contributed by atoms with Crippen LogP contribution in [-0.2, 0) is 4.79 Å². The van der Waals surface area contributed by atoms with E-state index in [2.05, 4.69) is 22.9 Å². The Labute approximate surface area is 150 Å². The fraction of sp³-hybridized carbons (Fsp3) is 0.316. The minimum Gasteiger partial charge on any atom is -0.493 e. The van der Waals surface area contributed by atoms with Gasteiger partial charge in [0.2, 0.25) is 5.24 Å². The van der Waals surface area contributed by atoms with Crippen molar-refractivity contribution in [3.8, 4) is 5.75 Å². The first kappa shape index (κ1) is 18.0. The topological polar surface area (TPSA) is 26.3 Å². The first-order valence-electron chi connectivity index (χ1n) is 7.77. The summed E-state index contributed by atoms with van der Waals surface area (Å²) in [5.41, 5.74) is 2.04. The molecule has 0 radical (unpaired) electrons. The lowest BCUT2D eigenvalue weighted by Crippen LogP contribution is -2.08. The highest BCUT2D eigenvalue weighted by Crippen LogP contribution is 2.37. The summed E-state index contributed by atoms with van der Waals surface area (Å²) >= 11 is 9.21. The number of carbonyl (C=O) groups is 1. The summed E-state index contributed by atoms with van der Waals surface area (Å²) in [5, 5.41) is -0.349. The van der Waals surface area contributed by atoms with E-state index in [-0.39, 0.29) is 17.6 Å². The van der Waals surface area contributed by atoms with Gasteiger partial charge in [0.15, 0.2) is 0 Å². The molecule has 2 rings (SSSR count). The van der Waals surface area contributed by atoms with Crippen LogP contribution in [0.2, 0.25) is 0 Å². The largest absolute Gasteiger partial charge is 0.493 e. The van der Waals surface area contributed by atoms with Crippen molar-refractivity contribution in [1.82, 2.24) is 0 Å². The quantitative estimate of drug-likeness (QED) is 0.410. The predicted molar refractivity (Wildman–Crippen MR) is 98.3 cm³/mol. The fourth-order valence-corrected chi connectivity index (χ4v) is 3.04. The van der Waals surface area contributed by atoms with Crippen LogP contribution in [-0.4, -0.2) is 11.8 Å². The second kappa shape index (κ2) is 9.09. The summed E-state index contributed by atoms with van der Waals surface area (Å²) in [4.78, 5) is 11.6. The van der Waals surface area contributed by atoms with Crippen LogP contribution in [0.3, 0.4) is 0 Å². The normalized spacial score (nSPS) is 12.0. The number of hydrogen-bond donors (Lipinski definition) is 0. The van der Waals surface area contributed by atoms with Crippen LogP contribution in [0.15, 0.2) is 53.0 Å². The summed E-state index contributed by atoms with van der Waals surface area (Å²) in [6.07, 6.45) is 2.32. The molecule has 0 spiro atoms. The van der Waals surface area contributed by atoms with Crippen molar-refractivity contribution in [2.24, 2.45) is 0 Å². The van der Waals surface area contributed by atoms with Gasteiger partial charge in [0.05, 0.1) is 6.61 Å². The molecule has 23 heavy (non-hydrogen) atoms. The lowest BCUT2D eigenvalue weighted by Gasteiger charge is -2.20. The van der Waals surface area contributed by atoms with Gasteiger partial charge in [-0.05, 0) is 41.8 Å². The first-order valence-corrected chi connectivity index (χ1v) is 8.94. The van der Waals surface area contributed by atoms with Gasteiger partial charge >= 0.3 is 0 Å². The number of halogens is 2.